The SMILES string of the molecule is COCCCn1c(SCC(=O)Nc2cccc(Br)c2)nc2ccccc2c1=O. The minimum Gasteiger partial charge on any atom is -0.385 e. The molecule has 1 N–H and O–H groups in total. The third-order valence-electron chi connectivity index (χ3n) is 4.00. The lowest BCUT2D eigenvalue weighted by atomic mass is 10.2. The van der Waals surface area contributed by atoms with Gasteiger partial charge in [-0.25, -0.2) is 4.98 Å². The fraction of sp³-hybridized carbons (Fsp3) is 0.250. The summed E-state index contributed by atoms with van der Waals surface area (Å²) in [5, 5.41) is 3.96. The van der Waals surface area contributed by atoms with Crippen LogP contribution in [0.2, 0.25) is 0 Å². The number of thioether (sulfide) groups is 1. The Morgan fingerprint density at radius 1 is 1.25 bits per heavy atom. The molecule has 0 unspecified atom stereocenters. The van der Waals surface area contributed by atoms with Crippen molar-refractivity contribution in [2.75, 3.05) is 24.8 Å². The molecular weight excluding hydrogens is 442 g/mol. The van der Waals surface area contributed by atoms with Crippen LogP contribution in [0.1, 0.15) is 6.42 Å². The van der Waals surface area contributed by atoms with E-state index in [4.69, 9.17) is 4.74 Å². The molecule has 3 rings (SSSR count). The standard InChI is InChI=1S/C20H20BrN3O3S/c1-27-11-5-10-24-19(26)16-8-2-3-9-17(16)23-20(24)28-13-18(25)22-15-7-4-6-14(21)12-15/h2-4,6-9,12H,5,10-11,13H2,1H3,(H,22,25). The lowest BCUT2D eigenvalue weighted by Gasteiger charge is -2.13. The van der Waals surface area contributed by atoms with Gasteiger partial charge in [0.15, 0.2) is 5.16 Å². The van der Waals surface area contributed by atoms with Gasteiger partial charge < -0.3 is 10.1 Å². The van der Waals surface area contributed by atoms with Gasteiger partial charge in [0.05, 0.1) is 16.7 Å². The van der Waals surface area contributed by atoms with E-state index in [9.17, 15) is 9.59 Å². The van der Waals surface area contributed by atoms with Crippen LogP contribution in [0.15, 0.2) is 63.0 Å². The number of aromatic nitrogens is 2. The lowest BCUT2D eigenvalue weighted by molar-refractivity contribution is -0.113. The quantitative estimate of drug-likeness (QED) is 0.312. The second-order valence-corrected chi connectivity index (χ2v) is 7.92. The topological polar surface area (TPSA) is 73.2 Å². The summed E-state index contributed by atoms with van der Waals surface area (Å²) in [7, 11) is 1.63. The van der Waals surface area contributed by atoms with Crippen molar-refractivity contribution in [2.24, 2.45) is 0 Å². The van der Waals surface area contributed by atoms with E-state index in [-0.39, 0.29) is 17.2 Å². The van der Waals surface area contributed by atoms with Gasteiger partial charge in [-0.3, -0.25) is 14.2 Å². The number of amides is 1. The van der Waals surface area contributed by atoms with Gasteiger partial charge in [0.25, 0.3) is 5.56 Å². The highest BCUT2D eigenvalue weighted by molar-refractivity contribution is 9.10. The van der Waals surface area contributed by atoms with Gasteiger partial charge in [-0.2, -0.15) is 0 Å². The zero-order chi connectivity index (χ0) is 19.9. The Morgan fingerprint density at radius 2 is 2.07 bits per heavy atom. The summed E-state index contributed by atoms with van der Waals surface area (Å²) in [5.41, 5.74) is 1.24. The number of hydrogen-bond acceptors (Lipinski definition) is 5. The summed E-state index contributed by atoms with van der Waals surface area (Å²) in [4.78, 5) is 29.8. The van der Waals surface area contributed by atoms with Crippen LogP contribution in [-0.4, -0.2) is 34.9 Å². The number of nitrogens with zero attached hydrogens (tertiary/aromatic N) is 2. The van der Waals surface area contributed by atoms with E-state index in [1.54, 1.807) is 17.7 Å². The fourth-order valence-corrected chi connectivity index (χ4v) is 3.94. The van der Waals surface area contributed by atoms with E-state index in [0.717, 1.165) is 4.47 Å². The minimum atomic E-state index is -0.158. The third kappa shape index (κ3) is 5.21. The first-order valence-electron chi connectivity index (χ1n) is 8.75. The van der Waals surface area contributed by atoms with Crippen molar-refractivity contribution in [2.45, 2.75) is 18.1 Å². The van der Waals surface area contributed by atoms with Crippen molar-refractivity contribution in [1.29, 1.82) is 0 Å². The molecule has 1 aromatic heterocycles. The number of carbonyl (C=O) groups excluding carboxylic acids is 1. The molecule has 1 amide bonds. The maximum absolute atomic E-state index is 12.9. The highest BCUT2D eigenvalue weighted by atomic mass is 79.9. The number of fused-ring (bicyclic) bond motifs is 1. The number of benzene rings is 2. The number of methoxy groups -OCH3 is 1. The molecule has 0 radical (unpaired) electrons. The predicted molar refractivity (Wildman–Crippen MR) is 116 cm³/mol. The largest absolute Gasteiger partial charge is 0.385 e. The molecule has 0 aliphatic rings. The van der Waals surface area contributed by atoms with Crippen molar-refractivity contribution >= 4 is 50.2 Å². The molecule has 0 saturated carbocycles. The van der Waals surface area contributed by atoms with Crippen LogP contribution in [0.3, 0.4) is 0 Å². The Kier molecular flexibility index (Phi) is 7.24. The molecule has 0 aliphatic heterocycles. The van der Waals surface area contributed by atoms with Crippen LogP contribution in [0.25, 0.3) is 10.9 Å². The predicted octanol–water partition coefficient (Wildman–Crippen LogP) is 3.93. The van der Waals surface area contributed by atoms with Gasteiger partial charge >= 0.3 is 0 Å². The van der Waals surface area contributed by atoms with E-state index in [1.807, 2.05) is 42.5 Å². The average molecular weight is 462 g/mol. The van der Waals surface area contributed by atoms with Crippen LogP contribution in [0, 0.1) is 0 Å². The number of hydrogen-bond donors (Lipinski definition) is 1. The van der Waals surface area contributed by atoms with Crippen LogP contribution in [-0.2, 0) is 16.1 Å². The maximum Gasteiger partial charge on any atom is 0.262 e. The first-order chi connectivity index (χ1) is 13.6. The van der Waals surface area contributed by atoms with Crippen molar-refractivity contribution in [3.8, 4) is 0 Å². The number of rotatable bonds is 8. The fourth-order valence-electron chi connectivity index (χ4n) is 2.72. The molecule has 0 fully saturated rings. The molecule has 0 aliphatic carbocycles. The summed E-state index contributed by atoms with van der Waals surface area (Å²) in [6, 6.07) is 14.6. The molecule has 0 atom stereocenters. The van der Waals surface area contributed by atoms with Crippen molar-refractivity contribution in [3.63, 3.8) is 0 Å². The molecule has 0 spiro atoms. The first-order valence-corrected chi connectivity index (χ1v) is 10.5. The number of anilines is 1. The molecular formula is C20H20BrN3O3S. The number of para-hydroxylation sites is 1. The highest BCUT2D eigenvalue weighted by Crippen LogP contribution is 2.20. The summed E-state index contributed by atoms with van der Waals surface area (Å²) >= 11 is 4.64. The summed E-state index contributed by atoms with van der Waals surface area (Å²) in [5.74, 6) is -0.00404. The van der Waals surface area contributed by atoms with Crippen LogP contribution in [0.5, 0.6) is 0 Å². The molecule has 146 valence electrons. The van der Waals surface area contributed by atoms with Gasteiger partial charge in [-0.05, 0) is 36.8 Å². The molecule has 0 saturated heterocycles. The summed E-state index contributed by atoms with van der Waals surface area (Å²) in [6.45, 7) is 1.03. The molecule has 2 aromatic carbocycles. The van der Waals surface area contributed by atoms with Gasteiger partial charge in [0.1, 0.15) is 0 Å². The Labute approximate surface area is 175 Å². The lowest BCUT2D eigenvalue weighted by Crippen LogP contribution is -2.25. The van der Waals surface area contributed by atoms with Gasteiger partial charge in [-0.15, -0.1) is 0 Å². The molecule has 0 bridgehead atoms. The second-order valence-electron chi connectivity index (χ2n) is 6.06. The smallest absolute Gasteiger partial charge is 0.262 e. The normalized spacial score (nSPS) is 10.9. The average Bonchev–Trinajstić information content (AvgIpc) is 2.68. The van der Waals surface area contributed by atoms with E-state index < -0.39 is 0 Å². The van der Waals surface area contributed by atoms with Crippen LogP contribution in [0.4, 0.5) is 5.69 Å². The minimum absolute atomic E-state index is 0.100. The zero-order valence-electron chi connectivity index (χ0n) is 15.4. The van der Waals surface area contributed by atoms with Crippen LogP contribution < -0.4 is 10.9 Å². The number of halogens is 1. The Bertz CT molecular complexity index is 1040. The van der Waals surface area contributed by atoms with E-state index in [0.29, 0.717) is 41.3 Å². The van der Waals surface area contributed by atoms with Gasteiger partial charge in [0, 0.05) is 30.4 Å². The number of nitrogens with one attached hydrogen (secondary N) is 1. The van der Waals surface area contributed by atoms with Crippen molar-refractivity contribution in [3.05, 3.63) is 63.4 Å². The monoisotopic (exact) mass is 461 g/mol. The highest BCUT2D eigenvalue weighted by Gasteiger charge is 2.13. The molecule has 6 nitrogen and oxygen atoms in total. The first kappa shape index (κ1) is 20.6. The van der Waals surface area contributed by atoms with E-state index in [1.165, 1.54) is 11.8 Å². The third-order valence-corrected chi connectivity index (χ3v) is 5.47. The van der Waals surface area contributed by atoms with Crippen molar-refractivity contribution in [1.82, 2.24) is 9.55 Å². The van der Waals surface area contributed by atoms with Gasteiger partial charge in [0.2, 0.25) is 5.91 Å². The zero-order valence-corrected chi connectivity index (χ0v) is 17.8. The van der Waals surface area contributed by atoms with Crippen LogP contribution >= 0.6 is 27.7 Å². The second kappa shape index (κ2) is 9.86. The van der Waals surface area contributed by atoms with Gasteiger partial charge in [-0.1, -0.05) is 45.9 Å². The molecule has 1 heterocycles. The van der Waals surface area contributed by atoms with Crippen molar-refractivity contribution < 1.29 is 9.53 Å². The Morgan fingerprint density at radius 3 is 2.86 bits per heavy atom. The Hall–Kier alpha value is -2.16. The Balaban J connectivity index is 1.79. The molecule has 8 heteroatoms. The van der Waals surface area contributed by atoms with E-state index in [2.05, 4.69) is 26.2 Å². The molecule has 28 heavy (non-hydrogen) atoms. The summed E-state index contributed by atoms with van der Waals surface area (Å²) < 4.78 is 7.61. The summed E-state index contributed by atoms with van der Waals surface area (Å²) in [6.07, 6.45) is 0.689. The number of carbonyl (C=O) groups is 1. The molecule has 3 aromatic rings. The van der Waals surface area contributed by atoms with E-state index >= 15 is 0 Å². The maximum atomic E-state index is 12.9. The number of ether oxygens (including phenoxy) is 1.